The van der Waals surface area contributed by atoms with Crippen LogP contribution in [0.2, 0.25) is 0 Å². The predicted octanol–water partition coefficient (Wildman–Crippen LogP) is 1.93. The minimum Gasteiger partial charge on any atom is -0.496 e. The number of methoxy groups -OCH3 is 2. The van der Waals surface area contributed by atoms with Crippen molar-refractivity contribution in [2.24, 2.45) is 0 Å². The number of hydrogen-bond donors (Lipinski definition) is 1. The summed E-state index contributed by atoms with van der Waals surface area (Å²) < 4.78 is 11.0. The number of nitrogens with one attached hydrogen (secondary N) is 1. The van der Waals surface area contributed by atoms with Crippen LogP contribution >= 0.6 is 0 Å². The monoisotopic (exact) mass is 252 g/mol. The van der Waals surface area contributed by atoms with E-state index in [4.69, 9.17) is 9.47 Å². The summed E-state index contributed by atoms with van der Waals surface area (Å²) in [5, 5.41) is 3.13. The Morgan fingerprint density at radius 2 is 1.83 bits per heavy atom. The molecule has 0 spiro atoms. The molecule has 0 aromatic heterocycles. The molecule has 4 nitrogen and oxygen atoms in total. The second-order valence-corrected chi connectivity index (χ2v) is 4.55. The molecule has 0 atom stereocenters. The fourth-order valence-electron chi connectivity index (χ4n) is 2.16. The molecular weight excluding hydrogens is 228 g/mol. The Kier molecular flexibility index (Phi) is 5.44. The first-order valence-corrected chi connectivity index (χ1v) is 6.09. The Morgan fingerprint density at radius 1 is 1.17 bits per heavy atom. The van der Waals surface area contributed by atoms with Crippen LogP contribution in [0.3, 0.4) is 0 Å². The molecular formula is C14H24N2O2. The van der Waals surface area contributed by atoms with Crippen LogP contribution in [0.25, 0.3) is 0 Å². The lowest BCUT2D eigenvalue weighted by atomic mass is 10.0. The molecule has 1 aromatic carbocycles. The van der Waals surface area contributed by atoms with Crippen LogP contribution < -0.4 is 14.8 Å². The van der Waals surface area contributed by atoms with Gasteiger partial charge in [0, 0.05) is 18.8 Å². The van der Waals surface area contributed by atoms with Gasteiger partial charge >= 0.3 is 0 Å². The van der Waals surface area contributed by atoms with Crippen LogP contribution in [0.1, 0.15) is 16.7 Å². The maximum atomic E-state index is 5.53. The first-order chi connectivity index (χ1) is 8.54. The summed E-state index contributed by atoms with van der Waals surface area (Å²) in [7, 11) is 7.43. The van der Waals surface area contributed by atoms with E-state index in [-0.39, 0.29) is 0 Å². The van der Waals surface area contributed by atoms with Gasteiger partial charge in [-0.25, -0.2) is 0 Å². The van der Waals surface area contributed by atoms with Crippen molar-refractivity contribution in [3.05, 3.63) is 22.8 Å². The van der Waals surface area contributed by atoms with Crippen LogP contribution in [0.15, 0.2) is 6.07 Å². The molecule has 0 unspecified atom stereocenters. The summed E-state index contributed by atoms with van der Waals surface area (Å²) >= 11 is 0. The van der Waals surface area contributed by atoms with Crippen molar-refractivity contribution in [2.45, 2.75) is 20.4 Å². The molecule has 1 rings (SSSR count). The molecule has 0 amide bonds. The zero-order valence-electron chi connectivity index (χ0n) is 12.3. The minimum absolute atomic E-state index is 0.821. The number of benzene rings is 1. The Bertz CT molecular complexity index is 405. The fraction of sp³-hybridized carbons (Fsp3) is 0.571. The second kappa shape index (κ2) is 6.61. The molecule has 0 heterocycles. The van der Waals surface area contributed by atoms with E-state index in [0.717, 1.165) is 41.4 Å². The third-order valence-electron chi connectivity index (χ3n) is 3.16. The van der Waals surface area contributed by atoms with Gasteiger partial charge in [0.15, 0.2) is 0 Å². The van der Waals surface area contributed by atoms with Gasteiger partial charge in [-0.15, -0.1) is 0 Å². The molecule has 0 saturated heterocycles. The highest BCUT2D eigenvalue weighted by atomic mass is 16.5. The molecule has 1 aromatic rings. The van der Waals surface area contributed by atoms with Crippen molar-refractivity contribution in [2.75, 3.05) is 35.0 Å². The number of hydrogen-bond acceptors (Lipinski definition) is 4. The number of ether oxygens (including phenoxy) is 2. The summed E-state index contributed by atoms with van der Waals surface area (Å²) in [5.74, 6) is 1.87. The summed E-state index contributed by atoms with van der Waals surface area (Å²) in [6, 6.07) is 2.06. The Hall–Kier alpha value is -1.26. The molecule has 0 radical (unpaired) electrons. The maximum absolute atomic E-state index is 5.53. The van der Waals surface area contributed by atoms with Gasteiger partial charge in [-0.05, 0) is 45.1 Å². The lowest BCUT2D eigenvalue weighted by Gasteiger charge is -2.21. The molecule has 0 saturated carbocycles. The highest BCUT2D eigenvalue weighted by Crippen LogP contribution is 2.33. The number of nitrogens with zero attached hydrogens (tertiary/aromatic N) is 1. The van der Waals surface area contributed by atoms with Gasteiger partial charge in [-0.2, -0.15) is 0 Å². The average molecular weight is 252 g/mol. The first-order valence-electron chi connectivity index (χ1n) is 6.09. The first kappa shape index (κ1) is 14.8. The molecule has 1 N–H and O–H groups in total. The highest BCUT2D eigenvalue weighted by molar-refractivity contribution is 5.52. The quantitative estimate of drug-likeness (QED) is 0.784. The van der Waals surface area contributed by atoms with Gasteiger partial charge in [0.1, 0.15) is 11.5 Å². The Balaban J connectivity index is 3.12. The van der Waals surface area contributed by atoms with Crippen LogP contribution in [0.5, 0.6) is 11.5 Å². The number of rotatable bonds is 6. The SMILES string of the molecule is CNCN(C)Cc1cc(OC)c(C)c(C)c1OC. The topological polar surface area (TPSA) is 33.7 Å². The average Bonchev–Trinajstić information content (AvgIpc) is 2.34. The zero-order chi connectivity index (χ0) is 13.7. The Morgan fingerprint density at radius 3 is 2.33 bits per heavy atom. The normalized spacial score (nSPS) is 10.8. The van der Waals surface area contributed by atoms with Crippen LogP contribution in [-0.2, 0) is 6.54 Å². The molecule has 0 aliphatic rings. The fourth-order valence-corrected chi connectivity index (χ4v) is 2.16. The third-order valence-corrected chi connectivity index (χ3v) is 3.16. The van der Waals surface area contributed by atoms with Gasteiger partial charge in [0.2, 0.25) is 0 Å². The molecule has 0 aliphatic carbocycles. The van der Waals surface area contributed by atoms with Crippen LogP contribution in [0, 0.1) is 13.8 Å². The lowest BCUT2D eigenvalue weighted by Crippen LogP contribution is -2.28. The Labute approximate surface area is 110 Å². The summed E-state index contributed by atoms with van der Waals surface area (Å²) in [5.41, 5.74) is 3.43. The van der Waals surface area contributed by atoms with Gasteiger partial charge in [-0.3, -0.25) is 4.90 Å². The van der Waals surface area contributed by atoms with Gasteiger partial charge in [0.25, 0.3) is 0 Å². The second-order valence-electron chi connectivity index (χ2n) is 4.55. The summed E-state index contributed by atoms with van der Waals surface area (Å²) in [4.78, 5) is 2.19. The van der Waals surface area contributed by atoms with Crippen LogP contribution in [0.4, 0.5) is 0 Å². The highest BCUT2D eigenvalue weighted by Gasteiger charge is 2.14. The van der Waals surface area contributed by atoms with Crippen molar-refractivity contribution in [1.29, 1.82) is 0 Å². The molecule has 0 aliphatic heterocycles. The van der Waals surface area contributed by atoms with E-state index in [1.165, 1.54) is 0 Å². The van der Waals surface area contributed by atoms with E-state index in [2.05, 4.69) is 37.2 Å². The van der Waals surface area contributed by atoms with Crippen molar-refractivity contribution in [3.63, 3.8) is 0 Å². The van der Waals surface area contributed by atoms with Crippen molar-refractivity contribution >= 4 is 0 Å². The molecule has 4 heteroatoms. The van der Waals surface area contributed by atoms with Crippen LogP contribution in [-0.4, -0.2) is 39.9 Å². The molecule has 18 heavy (non-hydrogen) atoms. The largest absolute Gasteiger partial charge is 0.496 e. The van der Waals surface area contributed by atoms with E-state index < -0.39 is 0 Å². The summed E-state index contributed by atoms with van der Waals surface area (Å²) in [6.45, 7) is 5.77. The van der Waals surface area contributed by atoms with Gasteiger partial charge in [0.05, 0.1) is 14.2 Å². The van der Waals surface area contributed by atoms with Crippen molar-refractivity contribution in [3.8, 4) is 11.5 Å². The molecule has 102 valence electrons. The van der Waals surface area contributed by atoms with Crippen molar-refractivity contribution in [1.82, 2.24) is 10.2 Å². The lowest BCUT2D eigenvalue weighted by molar-refractivity contribution is 0.300. The van der Waals surface area contributed by atoms with Crippen molar-refractivity contribution < 1.29 is 9.47 Å². The van der Waals surface area contributed by atoms with Gasteiger partial charge in [-0.1, -0.05) is 0 Å². The molecule has 0 fully saturated rings. The summed E-state index contributed by atoms with van der Waals surface area (Å²) in [6.07, 6.45) is 0. The smallest absolute Gasteiger partial charge is 0.126 e. The standard InChI is InChI=1S/C14H24N2O2/c1-10-11(2)14(18-6)12(7-13(10)17-5)8-16(4)9-15-3/h7,15H,8-9H2,1-6H3. The predicted molar refractivity (Wildman–Crippen MR) is 74.4 cm³/mol. The van der Waals surface area contributed by atoms with E-state index in [1.807, 2.05) is 7.05 Å². The van der Waals surface area contributed by atoms with E-state index in [0.29, 0.717) is 0 Å². The molecule has 0 bridgehead atoms. The minimum atomic E-state index is 0.821. The maximum Gasteiger partial charge on any atom is 0.126 e. The van der Waals surface area contributed by atoms with E-state index in [9.17, 15) is 0 Å². The van der Waals surface area contributed by atoms with Gasteiger partial charge < -0.3 is 14.8 Å². The van der Waals surface area contributed by atoms with E-state index in [1.54, 1.807) is 14.2 Å². The van der Waals surface area contributed by atoms with E-state index >= 15 is 0 Å². The third kappa shape index (κ3) is 3.15. The zero-order valence-corrected chi connectivity index (χ0v) is 12.3.